The number of benzene rings is 1. The molecular weight excluding hydrogens is 453 g/mol. The van der Waals surface area contributed by atoms with Gasteiger partial charge < -0.3 is 5.11 Å². The lowest BCUT2D eigenvalue weighted by Crippen LogP contribution is -2.50. The van der Waals surface area contributed by atoms with Gasteiger partial charge in [-0.15, -0.1) is 0 Å². The highest BCUT2D eigenvalue weighted by molar-refractivity contribution is 7.92. The summed E-state index contributed by atoms with van der Waals surface area (Å²) in [6.45, 7) is 0.868. The summed E-state index contributed by atoms with van der Waals surface area (Å²) in [5.41, 5.74) is 0.497. The van der Waals surface area contributed by atoms with E-state index in [2.05, 4.69) is 28.7 Å². The van der Waals surface area contributed by atoms with Gasteiger partial charge in [0, 0.05) is 12.8 Å². The van der Waals surface area contributed by atoms with Crippen molar-refractivity contribution in [3.8, 4) is 23.7 Å². The Morgan fingerprint density at radius 2 is 2.06 bits per heavy atom. The van der Waals surface area contributed by atoms with Crippen molar-refractivity contribution in [2.45, 2.75) is 37.5 Å². The minimum Gasteiger partial charge on any atom is -0.395 e. The van der Waals surface area contributed by atoms with E-state index in [1.807, 2.05) is 0 Å². The second-order valence-electron chi connectivity index (χ2n) is 8.22. The van der Waals surface area contributed by atoms with E-state index in [0.717, 1.165) is 43.0 Å². The number of halogens is 1. The highest BCUT2D eigenvalue weighted by Gasteiger charge is 2.43. The van der Waals surface area contributed by atoms with E-state index in [0.29, 0.717) is 0 Å². The van der Waals surface area contributed by atoms with Crippen LogP contribution in [-0.2, 0) is 21.2 Å². The molecule has 3 N–H and O–H groups in total. The quantitative estimate of drug-likeness (QED) is 0.312. The number of aryl methyl sites for hydroxylation is 1. The van der Waals surface area contributed by atoms with Gasteiger partial charge >= 0.3 is 0 Å². The second-order valence-corrected chi connectivity index (χ2v) is 10.7. The molecule has 1 atom stereocenters. The minimum absolute atomic E-state index is 0.000404. The summed E-state index contributed by atoms with van der Waals surface area (Å²) in [6.07, 6.45) is 3.28. The molecule has 9 nitrogen and oxygen atoms in total. The Hall–Kier alpha value is -3.25. The third-order valence-electron chi connectivity index (χ3n) is 5.89. The smallest absolute Gasteiger partial charge is 0.264 e. The zero-order chi connectivity index (χ0) is 24.4. The van der Waals surface area contributed by atoms with Gasteiger partial charge in [0.1, 0.15) is 5.82 Å². The molecule has 0 spiro atoms. The second kappa shape index (κ2) is 8.94. The molecule has 0 aliphatic heterocycles. The molecule has 1 fully saturated rings. The lowest BCUT2D eigenvalue weighted by atomic mass is 10.1. The van der Waals surface area contributed by atoms with Gasteiger partial charge in [-0.25, -0.2) is 23.3 Å². The molecule has 1 unspecified atom stereocenters. The number of rotatable bonds is 6. The fraction of sp³-hybridized carbons (Fsp3) is 0.409. The number of aliphatic hydroxyl groups is 1. The number of hydrogen-bond donors (Lipinski definition) is 3. The Kier molecular flexibility index (Phi) is 6.61. The molecule has 1 aromatic heterocycles. The molecule has 174 valence electrons. The molecule has 0 bridgehead atoms. The molecule has 3 rings (SSSR count). The Labute approximate surface area is 189 Å². The first-order valence-corrected chi connectivity index (χ1v) is 11.8. The van der Waals surface area contributed by atoms with E-state index in [4.69, 9.17) is 5.21 Å². The van der Waals surface area contributed by atoms with Crippen LogP contribution in [0.15, 0.2) is 23.3 Å². The fourth-order valence-electron chi connectivity index (χ4n) is 3.09. The van der Waals surface area contributed by atoms with E-state index in [-0.39, 0.29) is 36.0 Å². The largest absolute Gasteiger partial charge is 0.395 e. The van der Waals surface area contributed by atoms with Crippen molar-refractivity contribution in [3.63, 3.8) is 0 Å². The number of carbonyl (C=O) groups excluding carboxylic acids is 1. The van der Waals surface area contributed by atoms with Gasteiger partial charge in [-0.05, 0) is 56.1 Å². The lowest BCUT2D eigenvalue weighted by molar-refractivity contribution is -0.131. The molecule has 1 aliphatic rings. The van der Waals surface area contributed by atoms with Crippen molar-refractivity contribution in [1.29, 1.82) is 0 Å². The minimum atomic E-state index is -3.94. The number of aromatic nitrogens is 2. The van der Waals surface area contributed by atoms with E-state index in [9.17, 15) is 27.5 Å². The Morgan fingerprint density at radius 1 is 1.36 bits per heavy atom. The molecule has 2 aromatic rings. The van der Waals surface area contributed by atoms with Gasteiger partial charge in [-0.3, -0.25) is 19.4 Å². The molecule has 1 heterocycles. The van der Waals surface area contributed by atoms with Gasteiger partial charge in [0.05, 0.1) is 34.8 Å². The predicted molar refractivity (Wildman–Crippen MR) is 117 cm³/mol. The standard InChI is InChI=1S/C22H22FN3O6S/c1-21(20(29)25-30,33(2,31)32)9-10-26-14-24-18-11-15(17(23)12-16(18)19(26)28)5-3-4-6-22(13-27)7-8-22/h11-12,14,27,30H,7-10,13H2,1-2H3,(H,25,29). The number of amides is 1. The fourth-order valence-corrected chi connectivity index (χ4v) is 3.93. The third-order valence-corrected chi connectivity index (χ3v) is 7.91. The zero-order valence-corrected chi connectivity index (χ0v) is 18.8. The lowest BCUT2D eigenvalue weighted by Gasteiger charge is -2.25. The summed E-state index contributed by atoms with van der Waals surface area (Å²) in [7, 11) is -3.94. The van der Waals surface area contributed by atoms with Crippen LogP contribution in [0.1, 0.15) is 31.7 Å². The van der Waals surface area contributed by atoms with Crippen molar-refractivity contribution in [2.24, 2.45) is 5.41 Å². The first-order valence-electron chi connectivity index (χ1n) is 9.93. The van der Waals surface area contributed by atoms with Crippen LogP contribution in [0, 0.1) is 34.9 Å². The van der Waals surface area contributed by atoms with Crippen LogP contribution in [0.2, 0.25) is 0 Å². The van der Waals surface area contributed by atoms with Crippen LogP contribution in [0.3, 0.4) is 0 Å². The molecule has 0 saturated heterocycles. The number of hydroxylamine groups is 1. The summed E-state index contributed by atoms with van der Waals surface area (Å²) >= 11 is 0. The van der Waals surface area contributed by atoms with Crippen LogP contribution in [0.5, 0.6) is 0 Å². The molecule has 1 aliphatic carbocycles. The van der Waals surface area contributed by atoms with Crippen molar-refractivity contribution in [2.75, 3.05) is 12.9 Å². The number of hydrogen-bond acceptors (Lipinski definition) is 7. The van der Waals surface area contributed by atoms with Crippen LogP contribution in [-0.4, -0.2) is 51.8 Å². The number of fused-ring (bicyclic) bond motifs is 1. The van der Waals surface area contributed by atoms with Crippen LogP contribution < -0.4 is 11.0 Å². The number of aliphatic hydroxyl groups excluding tert-OH is 1. The van der Waals surface area contributed by atoms with Gasteiger partial charge in [0.25, 0.3) is 11.5 Å². The van der Waals surface area contributed by atoms with Crippen LogP contribution >= 0.6 is 0 Å². The van der Waals surface area contributed by atoms with E-state index < -0.39 is 37.3 Å². The topological polar surface area (TPSA) is 139 Å². The first kappa shape index (κ1) is 24.4. The number of sulfone groups is 1. The average molecular weight is 475 g/mol. The molecule has 11 heteroatoms. The monoisotopic (exact) mass is 475 g/mol. The molecule has 0 radical (unpaired) electrons. The van der Waals surface area contributed by atoms with Gasteiger partial charge in [0.15, 0.2) is 14.6 Å². The molecule has 33 heavy (non-hydrogen) atoms. The summed E-state index contributed by atoms with van der Waals surface area (Å²) in [5, 5.41) is 18.1. The van der Waals surface area contributed by atoms with Gasteiger partial charge in [-0.2, -0.15) is 0 Å². The van der Waals surface area contributed by atoms with Crippen molar-refractivity contribution in [1.82, 2.24) is 15.0 Å². The highest BCUT2D eigenvalue weighted by atomic mass is 32.2. The Morgan fingerprint density at radius 3 is 2.64 bits per heavy atom. The molecule has 1 saturated carbocycles. The number of carbonyl (C=O) groups is 1. The number of nitrogens with one attached hydrogen (secondary N) is 1. The zero-order valence-electron chi connectivity index (χ0n) is 18.0. The van der Waals surface area contributed by atoms with Gasteiger partial charge in [-0.1, -0.05) is 5.92 Å². The van der Waals surface area contributed by atoms with E-state index in [1.54, 1.807) is 0 Å². The van der Waals surface area contributed by atoms with Crippen molar-refractivity contribution >= 4 is 26.6 Å². The molecular formula is C22H22FN3O6S. The first-order chi connectivity index (χ1) is 15.5. The average Bonchev–Trinajstić information content (AvgIpc) is 3.55. The SMILES string of the molecule is CC(CCn1cnc2cc(C#CC#CC3(CO)CC3)c(F)cc2c1=O)(C(=O)NO)S(C)(=O)=O. The highest BCUT2D eigenvalue weighted by Crippen LogP contribution is 2.44. The summed E-state index contributed by atoms with van der Waals surface area (Å²) in [6, 6.07) is 2.30. The van der Waals surface area contributed by atoms with E-state index >= 15 is 0 Å². The van der Waals surface area contributed by atoms with Crippen molar-refractivity contribution in [3.05, 3.63) is 40.2 Å². The van der Waals surface area contributed by atoms with Gasteiger partial charge in [0.2, 0.25) is 0 Å². The molecule has 1 aromatic carbocycles. The summed E-state index contributed by atoms with van der Waals surface area (Å²) < 4.78 is 37.8. The Balaban J connectivity index is 1.89. The van der Waals surface area contributed by atoms with Crippen molar-refractivity contribution < 1.29 is 27.9 Å². The third kappa shape index (κ3) is 4.91. The number of nitrogens with zero attached hydrogens (tertiary/aromatic N) is 2. The maximum absolute atomic E-state index is 14.5. The maximum atomic E-state index is 14.5. The summed E-state index contributed by atoms with van der Waals surface area (Å²) in [5.74, 6) is 8.72. The normalized spacial score (nSPS) is 16.0. The molecule has 1 amide bonds. The maximum Gasteiger partial charge on any atom is 0.264 e. The van der Waals surface area contributed by atoms with Crippen LogP contribution in [0.25, 0.3) is 10.9 Å². The van der Waals surface area contributed by atoms with E-state index in [1.165, 1.54) is 11.5 Å². The summed E-state index contributed by atoms with van der Waals surface area (Å²) in [4.78, 5) is 28.8. The van der Waals surface area contributed by atoms with Crippen LogP contribution in [0.4, 0.5) is 4.39 Å². The predicted octanol–water partition coefficient (Wildman–Crippen LogP) is 0.362. The Bertz CT molecular complexity index is 1410.